The monoisotopic (exact) mass is 401 g/mol. The van der Waals surface area contributed by atoms with Crippen molar-refractivity contribution in [1.29, 1.82) is 0 Å². The Kier molecular flexibility index (Phi) is 5.81. The van der Waals surface area contributed by atoms with Crippen molar-refractivity contribution < 1.29 is 23.8 Å². The summed E-state index contributed by atoms with van der Waals surface area (Å²) >= 11 is 0. The summed E-state index contributed by atoms with van der Waals surface area (Å²) in [6, 6.07) is 7.26. The van der Waals surface area contributed by atoms with Gasteiger partial charge in [-0.2, -0.15) is 0 Å². The van der Waals surface area contributed by atoms with Crippen LogP contribution in [0.5, 0.6) is 5.75 Å². The van der Waals surface area contributed by atoms with Crippen LogP contribution in [0.25, 0.3) is 10.9 Å². The Morgan fingerprint density at radius 2 is 1.72 bits per heavy atom. The average Bonchev–Trinajstić information content (AvgIpc) is 2.70. The summed E-state index contributed by atoms with van der Waals surface area (Å²) in [5.74, 6) is 0.218. The maximum Gasteiger partial charge on any atom is 0.410 e. The normalized spacial score (nSPS) is 14.7. The number of amides is 1. The van der Waals surface area contributed by atoms with Crippen molar-refractivity contribution in [3.05, 3.63) is 30.0 Å². The summed E-state index contributed by atoms with van der Waals surface area (Å²) in [4.78, 5) is 32.7. The lowest BCUT2D eigenvalue weighted by molar-refractivity contribution is 0.0240. The first-order valence-electron chi connectivity index (χ1n) is 9.52. The van der Waals surface area contributed by atoms with E-state index < -0.39 is 11.6 Å². The summed E-state index contributed by atoms with van der Waals surface area (Å²) in [5, 5.41) is 0.878. The smallest absolute Gasteiger partial charge is 0.410 e. The second-order valence-electron chi connectivity index (χ2n) is 7.86. The molecule has 1 aromatic heterocycles. The first-order chi connectivity index (χ1) is 13.7. The Labute approximate surface area is 170 Å². The minimum Gasteiger partial charge on any atom is -0.497 e. The predicted octanol–water partition coefficient (Wildman–Crippen LogP) is 3.09. The quantitative estimate of drug-likeness (QED) is 0.731. The topological polar surface area (TPSA) is 81.2 Å². The minimum absolute atomic E-state index is 0.245. The molecule has 0 spiro atoms. The lowest BCUT2D eigenvalue weighted by Gasteiger charge is -2.37. The summed E-state index contributed by atoms with van der Waals surface area (Å²) in [6.45, 7) is 7.82. The van der Waals surface area contributed by atoms with Gasteiger partial charge in [0.1, 0.15) is 11.4 Å². The number of esters is 1. The van der Waals surface area contributed by atoms with Gasteiger partial charge in [-0.25, -0.2) is 14.6 Å². The van der Waals surface area contributed by atoms with Crippen LogP contribution in [0, 0.1) is 0 Å². The third-order valence-corrected chi connectivity index (χ3v) is 4.66. The van der Waals surface area contributed by atoms with Gasteiger partial charge in [0.05, 0.1) is 19.7 Å². The molecule has 2 heterocycles. The number of ether oxygens (including phenoxy) is 3. The number of hydrogen-bond donors (Lipinski definition) is 0. The first kappa shape index (κ1) is 20.7. The van der Waals surface area contributed by atoms with Crippen LogP contribution in [0.4, 0.5) is 10.5 Å². The molecule has 2 aromatic rings. The van der Waals surface area contributed by atoms with Gasteiger partial charge in [0, 0.05) is 37.3 Å². The molecule has 1 saturated heterocycles. The van der Waals surface area contributed by atoms with E-state index in [1.54, 1.807) is 24.1 Å². The zero-order valence-corrected chi connectivity index (χ0v) is 17.5. The number of aromatic nitrogens is 1. The van der Waals surface area contributed by atoms with Gasteiger partial charge in [-0.3, -0.25) is 0 Å². The zero-order chi connectivity index (χ0) is 21.2. The van der Waals surface area contributed by atoms with E-state index >= 15 is 0 Å². The first-order valence-corrected chi connectivity index (χ1v) is 9.52. The summed E-state index contributed by atoms with van der Waals surface area (Å²) in [6.07, 6.45) is -0.311. The highest BCUT2D eigenvalue weighted by molar-refractivity contribution is 5.98. The zero-order valence-electron chi connectivity index (χ0n) is 17.5. The molecule has 1 aliphatic rings. The average molecular weight is 401 g/mol. The van der Waals surface area contributed by atoms with Crippen molar-refractivity contribution in [2.45, 2.75) is 26.4 Å². The van der Waals surface area contributed by atoms with Crippen molar-refractivity contribution in [2.24, 2.45) is 0 Å². The van der Waals surface area contributed by atoms with E-state index in [0.717, 1.165) is 11.1 Å². The van der Waals surface area contributed by atoms with Crippen LogP contribution in [0.1, 0.15) is 31.3 Å². The molecule has 8 heteroatoms. The van der Waals surface area contributed by atoms with Crippen LogP contribution >= 0.6 is 0 Å². The van der Waals surface area contributed by atoms with Crippen molar-refractivity contribution in [3.63, 3.8) is 0 Å². The number of carbonyl (C=O) groups is 2. The van der Waals surface area contributed by atoms with Crippen molar-refractivity contribution in [2.75, 3.05) is 45.3 Å². The van der Waals surface area contributed by atoms with Gasteiger partial charge in [0.2, 0.25) is 0 Å². The maximum absolute atomic E-state index is 12.3. The van der Waals surface area contributed by atoms with Crippen LogP contribution in [0.15, 0.2) is 24.3 Å². The number of nitrogens with zero attached hydrogens (tertiary/aromatic N) is 3. The van der Waals surface area contributed by atoms with E-state index in [0.29, 0.717) is 37.4 Å². The molecule has 1 fully saturated rings. The van der Waals surface area contributed by atoms with Crippen molar-refractivity contribution >= 4 is 28.7 Å². The molecule has 29 heavy (non-hydrogen) atoms. The number of piperazine rings is 1. The van der Waals surface area contributed by atoms with Gasteiger partial charge in [0.15, 0.2) is 5.69 Å². The predicted molar refractivity (Wildman–Crippen MR) is 110 cm³/mol. The number of fused-ring (bicyclic) bond motifs is 1. The van der Waals surface area contributed by atoms with Crippen LogP contribution < -0.4 is 9.64 Å². The fraction of sp³-hybridized carbons (Fsp3) is 0.476. The molecule has 1 aromatic carbocycles. The van der Waals surface area contributed by atoms with Gasteiger partial charge >= 0.3 is 12.1 Å². The molecule has 0 N–H and O–H groups in total. The van der Waals surface area contributed by atoms with E-state index in [4.69, 9.17) is 14.2 Å². The molecule has 1 amide bonds. The fourth-order valence-corrected chi connectivity index (χ4v) is 3.24. The Morgan fingerprint density at radius 3 is 2.31 bits per heavy atom. The lowest BCUT2D eigenvalue weighted by atomic mass is 10.1. The number of benzene rings is 1. The Balaban J connectivity index is 1.88. The van der Waals surface area contributed by atoms with Gasteiger partial charge in [0.25, 0.3) is 0 Å². The van der Waals surface area contributed by atoms with Crippen molar-refractivity contribution in [1.82, 2.24) is 9.88 Å². The standard InChI is InChI=1S/C21H27N3O5/c1-21(2,3)29-20(26)24-10-8-23(9-11-24)18-13-17(19(25)28-5)22-16-7-6-14(27-4)12-15(16)18/h6-7,12-13H,8-11H2,1-5H3. The molecular formula is C21H27N3O5. The van der Waals surface area contributed by atoms with E-state index in [-0.39, 0.29) is 11.8 Å². The highest BCUT2D eigenvalue weighted by atomic mass is 16.6. The number of rotatable bonds is 3. The summed E-state index contributed by atoms with van der Waals surface area (Å²) < 4.78 is 15.7. The highest BCUT2D eigenvalue weighted by Gasteiger charge is 2.27. The number of carbonyl (C=O) groups excluding carboxylic acids is 2. The lowest BCUT2D eigenvalue weighted by Crippen LogP contribution is -2.50. The third kappa shape index (κ3) is 4.70. The molecule has 0 bridgehead atoms. The molecule has 156 valence electrons. The van der Waals surface area contributed by atoms with Gasteiger partial charge in [-0.15, -0.1) is 0 Å². The van der Waals surface area contributed by atoms with E-state index in [1.165, 1.54) is 7.11 Å². The molecule has 0 atom stereocenters. The van der Waals surface area contributed by atoms with Gasteiger partial charge in [-0.05, 0) is 45.0 Å². The number of hydrogen-bond acceptors (Lipinski definition) is 7. The second-order valence-corrected chi connectivity index (χ2v) is 7.86. The molecule has 0 unspecified atom stereocenters. The Morgan fingerprint density at radius 1 is 1.03 bits per heavy atom. The minimum atomic E-state index is -0.526. The molecule has 3 rings (SSSR count). The molecule has 1 aliphatic heterocycles. The van der Waals surface area contributed by atoms with Crippen LogP contribution in [0.2, 0.25) is 0 Å². The van der Waals surface area contributed by atoms with Crippen molar-refractivity contribution in [3.8, 4) is 5.75 Å². The largest absolute Gasteiger partial charge is 0.497 e. The molecule has 8 nitrogen and oxygen atoms in total. The van der Waals surface area contributed by atoms with E-state index in [9.17, 15) is 9.59 Å². The number of anilines is 1. The number of pyridine rings is 1. The SMILES string of the molecule is COC(=O)c1cc(N2CCN(C(=O)OC(C)(C)C)CC2)c2cc(OC)ccc2n1. The third-order valence-electron chi connectivity index (χ3n) is 4.66. The van der Waals surface area contributed by atoms with E-state index in [1.807, 2.05) is 32.9 Å². The van der Waals surface area contributed by atoms with E-state index in [2.05, 4.69) is 9.88 Å². The molecule has 0 saturated carbocycles. The van der Waals surface area contributed by atoms with Crippen LogP contribution in [-0.2, 0) is 9.47 Å². The molecule has 0 radical (unpaired) electrons. The summed E-state index contributed by atoms with van der Waals surface area (Å²) in [5.41, 5.74) is 1.26. The van der Waals surface area contributed by atoms with Crippen LogP contribution in [0.3, 0.4) is 0 Å². The Hall–Kier alpha value is -3.03. The Bertz CT molecular complexity index is 914. The van der Waals surface area contributed by atoms with Crippen LogP contribution in [-0.4, -0.2) is 67.9 Å². The summed E-state index contributed by atoms with van der Waals surface area (Å²) in [7, 11) is 2.94. The second kappa shape index (κ2) is 8.14. The fourth-order valence-electron chi connectivity index (χ4n) is 3.24. The molecular weight excluding hydrogens is 374 g/mol. The maximum atomic E-state index is 12.3. The van der Waals surface area contributed by atoms with Gasteiger partial charge in [-0.1, -0.05) is 0 Å². The number of methoxy groups -OCH3 is 2. The highest BCUT2D eigenvalue weighted by Crippen LogP contribution is 2.31. The molecule has 0 aliphatic carbocycles. The van der Waals surface area contributed by atoms with Gasteiger partial charge < -0.3 is 24.0 Å².